The van der Waals surface area contributed by atoms with Gasteiger partial charge < -0.3 is 9.47 Å². The molecular formula is C15H20O2. The Hall–Kier alpha value is -1.12. The Morgan fingerprint density at radius 3 is 2.82 bits per heavy atom. The fourth-order valence-corrected chi connectivity index (χ4v) is 1.93. The third-order valence-electron chi connectivity index (χ3n) is 3.25. The van der Waals surface area contributed by atoms with Crippen LogP contribution in [-0.4, -0.2) is 18.3 Å². The van der Waals surface area contributed by atoms with E-state index in [2.05, 4.69) is 25.6 Å². The molecule has 17 heavy (non-hydrogen) atoms. The molecule has 2 atom stereocenters. The molecule has 1 fully saturated rings. The van der Waals surface area contributed by atoms with Crippen LogP contribution in [0.5, 0.6) is 0 Å². The van der Waals surface area contributed by atoms with E-state index in [0.29, 0.717) is 12.7 Å². The van der Waals surface area contributed by atoms with Gasteiger partial charge in [0.2, 0.25) is 0 Å². The van der Waals surface area contributed by atoms with Crippen LogP contribution < -0.4 is 0 Å². The minimum atomic E-state index is -0.0700. The Bertz CT molecular complexity index is 360. The van der Waals surface area contributed by atoms with E-state index in [9.17, 15) is 0 Å². The van der Waals surface area contributed by atoms with Crippen LogP contribution in [0.2, 0.25) is 0 Å². The third kappa shape index (κ3) is 3.42. The second-order valence-electron chi connectivity index (χ2n) is 4.67. The SMILES string of the molecule is C=C[C@]1(C)O[C@H]1CCCOCc1ccccc1. The molecule has 0 spiro atoms. The van der Waals surface area contributed by atoms with Crippen LogP contribution in [0.3, 0.4) is 0 Å². The van der Waals surface area contributed by atoms with Crippen LogP contribution in [0.25, 0.3) is 0 Å². The summed E-state index contributed by atoms with van der Waals surface area (Å²) in [6.07, 6.45) is 4.33. The predicted molar refractivity (Wildman–Crippen MR) is 68.8 cm³/mol. The molecule has 0 unspecified atom stereocenters. The van der Waals surface area contributed by atoms with Crippen molar-refractivity contribution in [1.29, 1.82) is 0 Å². The predicted octanol–water partition coefficient (Wildman–Crippen LogP) is 3.33. The summed E-state index contributed by atoms with van der Waals surface area (Å²) in [5.41, 5.74) is 1.16. The number of benzene rings is 1. The Labute approximate surface area is 103 Å². The molecule has 2 heteroatoms. The molecule has 1 aliphatic rings. The molecule has 1 aromatic rings. The second kappa shape index (κ2) is 5.48. The van der Waals surface area contributed by atoms with Crippen molar-refractivity contribution in [3.05, 3.63) is 48.6 Å². The molecule has 0 amide bonds. The largest absolute Gasteiger partial charge is 0.377 e. The van der Waals surface area contributed by atoms with E-state index in [4.69, 9.17) is 9.47 Å². The minimum Gasteiger partial charge on any atom is -0.377 e. The number of ether oxygens (including phenoxy) is 2. The van der Waals surface area contributed by atoms with Crippen LogP contribution in [-0.2, 0) is 16.1 Å². The van der Waals surface area contributed by atoms with Crippen LogP contribution in [0.1, 0.15) is 25.3 Å². The van der Waals surface area contributed by atoms with Crippen LogP contribution in [0.15, 0.2) is 43.0 Å². The van der Waals surface area contributed by atoms with Crippen molar-refractivity contribution in [2.24, 2.45) is 0 Å². The van der Waals surface area contributed by atoms with Gasteiger partial charge in [-0.3, -0.25) is 0 Å². The summed E-state index contributed by atoms with van der Waals surface area (Å²) in [5, 5.41) is 0. The number of hydrogen-bond acceptors (Lipinski definition) is 2. The van der Waals surface area contributed by atoms with Crippen molar-refractivity contribution in [3.63, 3.8) is 0 Å². The molecule has 1 saturated heterocycles. The van der Waals surface area contributed by atoms with E-state index in [1.165, 1.54) is 5.56 Å². The summed E-state index contributed by atoms with van der Waals surface area (Å²) in [4.78, 5) is 0. The van der Waals surface area contributed by atoms with Gasteiger partial charge in [-0.2, -0.15) is 0 Å². The highest BCUT2D eigenvalue weighted by atomic mass is 16.6. The Morgan fingerprint density at radius 2 is 2.18 bits per heavy atom. The van der Waals surface area contributed by atoms with Crippen molar-refractivity contribution in [2.75, 3.05) is 6.61 Å². The van der Waals surface area contributed by atoms with Gasteiger partial charge in [0.15, 0.2) is 0 Å². The van der Waals surface area contributed by atoms with Crippen LogP contribution in [0, 0.1) is 0 Å². The van der Waals surface area contributed by atoms with Gasteiger partial charge in [-0.1, -0.05) is 36.4 Å². The first kappa shape index (κ1) is 12.3. The van der Waals surface area contributed by atoms with Crippen molar-refractivity contribution in [2.45, 2.75) is 38.1 Å². The average molecular weight is 232 g/mol. The normalized spacial score (nSPS) is 26.8. The zero-order chi connectivity index (χ0) is 12.1. The maximum absolute atomic E-state index is 5.62. The lowest BCUT2D eigenvalue weighted by molar-refractivity contribution is 0.115. The lowest BCUT2D eigenvalue weighted by Gasteiger charge is -2.03. The Morgan fingerprint density at radius 1 is 1.41 bits per heavy atom. The van der Waals surface area contributed by atoms with Gasteiger partial charge in [-0.25, -0.2) is 0 Å². The summed E-state index contributed by atoms with van der Waals surface area (Å²) in [6, 6.07) is 10.3. The minimum absolute atomic E-state index is 0.0700. The number of epoxide rings is 1. The molecule has 0 radical (unpaired) electrons. The Kier molecular flexibility index (Phi) is 3.97. The molecule has 0 saturated carbocycles. The molecule has 1 aromatic carbocycles. The quantitative estimate of drug-likeness (QED) is 0.408. The first-order valence-corrected chi connectivity index (χ1v) is 6.18. The van der Waals surface area contributed by atoms with Gasteiger partial charge in [0, 0.05) is 6.61 Å². The molecule has 0 aromatic heterocycles. The third-order valence-corrected chi connectivity index (χ3v) is 3.25. The van der Waals surface area contributed by atoms with Gasteiger partial charge in [0.25, 0.3) is 0 Å². The van der Waals surface area contributed by atoms with E-state index in [1.807, 2.05) is 24.3 Å². The smallest absolute Gasteiger partial charge is 0.110 e. The van der Waals surface area contributed by atoms with Gasteiger partial charge in [0.1, 0.15) is 5.60 Å². The van der Waals surface area contributed by atoms with Crippen molar-refractivity contribution in [1.82, 2.24) is 0 Å². The lowest BCUT2D eigenvalue weighted by Crippen LogP contribution is -2.06. The average Bonchev–Trinajstić information content (AvgIpc) is 3.02. The van der Waals surface area contributed by atoms with E-state index < -0.39 is 0 Å². The molecule has 0 bridgehead atoms. The second-order valence-corrected chi connectivity index (χ2v) is 4.67. The van der Waals surface area contributed by atoms with Crippen molar-refractivity contribution < 1.29 is 9.47 Å². The molecule has 2 rings (SSSR count). The van der Waals surface area contributed by atoms with Gasteiger partial charge >= 0.3 is 0 Å². The highest BCUT2D eigenvalue weighted by Crippen LogP contribution is 2.39. The van der Waals surface area contributed by atoms with Gasteiger partial charge in [-0.15, -0.1) is 6.58 Å². The maximum Gasteiger partial charge on any atom is 0.110 e. The molecule has 92 valence electrons. The van der Waals surface area contributed by atoms with E-state index >= 15 is 0 Å². The van der Waals surface area contributed by atoms with E-state index in [1.54, 1.807) is 0 Å². The first-order valence-electron chi connectivity index (χ1n) is 6.18. The number of hydrogen-bond donors (Lipinski definition) is 0. The molecule has 1 aliphatic heterocycles. The highest BCUT2D eigenvalue weighted by Gasteiger charge is 2.48. The monoisotopic (exact) mass is 232 g/mol. The summed E-state index contributed by atoms with van der Waals surface area (Å²) >= 11 is 0. The van der Waals surface area contributed by atoms with Crippen LogP contribution >= 0.6 is 0 Å². The molecular weight excluding hydrogens is 212 g/mol. The van der Waals surface area contributed by atoms with Crippen molar-refractivity contribution >= 4 is 0 Å². The summed E-state index contributed by atoms with van der Waals surface area (Å²) in [6.45, 7) is 7.34. The van der Waals surface area contributed by atoms with Gasteiger partial charge in [-0.05, 0) is 25.3 Å². The number of rotatable bonds is 7. The van der Waals surface area contributed by atoms with Crippen molar-refractivity contribution in [3.8, 4) is 0 Å². The van der Waals surface area contributed by atoms with E-state index in [-0.39, 0.29) is 5.60 Å². The summed E-state index contributed by atoms with van der Waals surface area (Å²) in [5.74, 6) is 0. The zero-order valence-corrected chi connectivity index (χ0v) is 10.4. The van der Waals surface area contributed by atoms with Gasteiger partial charge in [0.05, 0.1) is 12.7 Å². The summed E-state index contributed by atoms with van der Waals surface area (Å²) in [7, 11) is 0. The highest BCUT2D eigenvalue weighted by molar-refractivity contribution is 5.13. The fourth-order valence-electron chi connectivity index (χ4n) is 1.93. The lowest BCUT2D eigenvalue weighted by atomic mass is 10.0. The maximum atomic E-state index is 5.62. The molecule has 0 aliphatic carbocycles. The van der Waals surface area contributed by atoms with E-state index in [0.717, 1.165) is 19.4 Å². The zero-order valence-electron chi connectivity index (χ0n) is 10.4. The topological polar surface area (TPSA) is 21.8 Å². The molecule has 1 heterocycles. The first-order chi connectivity index (χ1) is 8.24. The molecule has 2 nitrogen and oxygen atoms in total. The standard InChI is InChI=1S/C15H20O2/c1-3-15(2)14(17-15)10-7-11-16-12-13-8-5-4-6-9-13/h3-6,8-9,14H,1,7,10-12H2,2H3/t14-,15-/m0/s1. The molecule has 0 N–H and O–H groups in total. The van der Waals surface area contributed by atoms with Crippen LogP contribution in [0.4, 0.5) is 0 Å². The Balaban J connectivity index is 1.55. The summed E-state index contributed by atoms with van der Waals surface area (Å²) < 4.78 is 11.2. The fraction of sp³-hybridized carbons (Fsp3) is 0.467.